The molecule has 0 aromatic heterocycles. The van der Waals surface area contributed by atoms with Gasteiger partial charge in [-0.1, -0.05) is 18.7 Å². The third-order valence-electron chi connectivity index (χ3n) is 0.594. The number of ether oxygens (including phenoxy) is 1. The van der Waals surface area contributed by atoms with Crippen molar-refractivity contribution < 1.29 is 9.53 Å². The molecule has 0 aliphatic carbocycles. The first-order chi connectivity index (χ1) is 4.27. The van der Waals surface area contributed by atoms with Gasteiger partial charge in [0.1, 0.15) is 6.61 Å². The number of rotatable bonds is 3. The van der Waals surface area contributed by atoms with Gasteiger partial charge in [-0.3, -0.25) is 0 Å². The van der Waals surface area contributed by atoms with Gasteiger partial charge in [-0.05, 0) is 6.08 Å². The maximum Gasteiger partial charge on any atom is 0.404 e. The van der Waals surface area contributed by atoms with E-state index in [9.17, 15) is 4.79 Å². The molecule has 1 amide bonds. The minimum Gasteiger partial charge on any atom is -0.445 e. The quantitative estimate of drug-likeness (QED) is 0.571. The second kappa shape index (κ2) is 4.90. The summed E-state index contributed by atoms with van der Waals surface area (Å²) in [5, 5.41) is 0. The van der Waals surface area contributed by atoms with Crippen LogP contribution in [-0.2, 0) is 4.74 Å². The Morgan fingerprint density at radius 3 is 2.89 bits per heavy atom. The lowest BCUT2D eigenvalue weighted by Gasteiger charge is -1.91. The normalized spacial score (nSPS) is 9.33. The zero-order valence-corrected chi connectivity index (χ0v) is 5.04. The first-order valence-electron chi connectivity index (χ1n) is 2.47. The van der Waals surface area contributed by atoms with E-state index >= 15 is 0 Å². The molecule has 0 aromatic carbocycles. The summed E-state index contributed by atoms with van der Waals surface area (Å²) in [6, 6.07) is 0. The fourth-order valence-corrected chi connectivity index (χ4v) is 0.282. The molecule has 0 fully saturated rings. The van der Waals surface area contributed by atoms with Gasteiger partial charge >= 0.3 is 6.09 Å². The van der Waals surface area contributed by atoms with E-state index in [0.29, 0.717) is 0 Å². The van der Waals surface area contributed by atoms with Crippen LogP contribution in [0.3, 0.4) is 0 Å². The van der Waals surface area contributed by atoms with Crippen molar-refractivity contribution in [3.8, 4) is 0 Å². The summed E-state index contributed by atoms with van der Waals surface area (Å²) < 4.78 is 4.35. The molecule has 0 atom stereocenters. The van der Waals surface area contributed by atoms with Crippen LogP contribution in [0.1, 0.15) is 0 Å². The van der Waals surface area contributed by atoms with Gasteiger partial charge < -0.3 is 10.5 Å². The molecule has 0 aliphatic heterocycles. The second-order valence-corrected chi connectivity index (χ2v) is 1.29. The molecule has 0 heterocycles. The van der Waals surface area contributed by atoms with E-state index in [1.165, 1.54) is 0 Å². The fraction of sp³-hybridized carbons (Fsp3) is 0.167. The lowest BCUT2D eigenvalue weighted by Crippen LogP contribution is -2.12. The summed E-state index contributed by atoms with van der Waals surface area (Å²) in [5.41, 5.74) is 4.65. The number of nitrogens with two attached hydrogens (primary N) is 1. The van der Waals surface area contributed by atoms with Gasteiger partial charge in [0.2, 0.25) is 0 Å². The predicted molar refractivity (Wildman–Crippen MR) is 34.9 cm³/mol. The minimum absolute atomic E-state index is 0.210. The Labute approximate surface area is 53.8 Å². The first-order valence-corrected chi connectivity index (χ1v) is 2.47. The molecular formula is C6H9NO2. The fourth-order valence-electron chi connectivity index (χ4n) is 0.282. The maximum absolute atomic E-state index is 9.90. The van der Waals surface area contributed by atoms with Gasteiger partial charge in [-0.25, -0.2) is 4.79 Å². The topological polar surface area (TPSA) is 52.3 Å². The Morgan fingerprint density at radius 2 is 2.44 bits per heavy atom. The Bertz CT molecular complexity index is 129. The number of amides is 1. The average Bonchev–Trinajstić information content (AvgIpc) is 1.80. The highest BCUT2D eigenvalue weighted by atomic mass is 16.5. The van der Waals surface area contributed by atoms with Crippen molar-refractivity contribution in [3.05, 3.63) is 24.8 Å². The van der Waals surface area contributed by atoms with Crippen LogP contribution >= 0.6 is 0 Å². The Kier molecular flexibility index (Phi) is 4.22. The molecule has 0 spiro atoms. The monoisotopic (exact) mass is 127 g/mol. The number of carbonyl (C=O) groups excluding carboxylic acids is 1. The van der Waals surface area contributed by atoms with Gasteiger partial charge in [0, 0.05) is 0 Å². The molecule has 0 aliphatic rings. The highest BCUT2D eigenvalue weighted by molar-refractivity contribution is 5.64. The Morgan fingerprint density at radius 1 is 1.78 bits per heavy atom. The van der Waals surface area contributed by atoms with Crippen LogP contribution in [0, 0.1) is 0 Å². The number of carbonyl (C=O) groups is 1. The molecule has 9 heavy (non-hydrogen) atoms. The van der Waals surface area contributed by atoms with Crippen molar-refractivity contribution in [2.75, 3.05) is 6.61 Å². The van der Waals surface area contributed by atoms with Crippen LogP contribution in [0.4, 0.5) is 4.79 Å². The average molecular weight is 127 g/mol. The van der Waals surface area contributed by atoms with Gasteiger partial charge in [-0.2, -0.15) is 0 Å². The number of hydrogen-bond donors (Lipinski definition) is 1. The van der Waals surface area contributed by atoms with Crippen LogP contribution in [-0.4, -0.2) is 12.7 Å². The van der Waals surface area contributed by atoms with Crippen LogP contribution in [0.25, 0.3) is 0 Å². The number of hydrogen-bond acceptors (Lipinski definition) is 2. The van der Waals surface area contributed by atoms with Gasteiger partial charge in [0.05, 0.1) is 0 Å². The van der Waals surface area contributed by atoms with Gasteiger partial charge in [0.25, 0.3) is 0 Å². The van der Waals surface area contributed by atoms with Crippen molar-refractivity contribution in [2.24, 2.45) is 5.73 Å². The Balaban J connectivity index is 3.19. The maximum atomic E-state index is 9.90. The van der Waals surface area contributed by atoms with Crippen molar-refractivity contribution in [1.82, 2.24) is 0 Å². The lowest BCUT2D eigenvalue weighted by atomic mass is 10.5. The molecule has 0 saturated carbocycles. The highest BCUT2D eigenvalue weighted by Crippen LogP contribution is 1.76. The van der Waals surface area contributed by atoms with Gasteiger partial charge in [0.15, 0.2) is 0 Å². The van der Waals surface area contributed by atoms with E-state index < -0.39 is 6.09 Å². The first kappa shape index (κ1) is 7.75. The molecule has 2 N–H and O–H groups in total. The van der Waals surface area contributed by atoms with E-state index in [1.54, 1.807) is 18.2 Å². The molecule has 3 heteroatoms. The van der Waals surface area contributed by atoms with Crippen molar-refractivity contribution in [3.63, 3.8) is 0 Å². The lowest BCUT2D eigenvalue weighted by molar-refractivity contribution is 0.169. The van der Waals surface area contributed by atoms with Gasteiger partial charge in [-0.15, -0.1) is 0 Å². The van der Waals surface area contributed by atoms with Crippen LogP contribution in [0.5, 0.6) is 0 Å². The van der Waals surface area contributed by atoms with Crippen LogP contribution in [0.15, 0.2) is 24.8 Å². The molecule has 0 rings (SSSR count). The van der Waals surface area contributed by atoms with E-state index in [-0.39, 0.29) is 6.61 Å². The number of primary amides is 1. The molecule has 3 nitrogen and oxygen atoms in total. The van der Waals surface area contributed by atoms with E-state index in [4.69, 9.17) is 0 Å². The minimum atomic E-state index is -0.760. The van der Waals surface area contributed by atoms with E-state index in [1.807, 2.05) is 0 Å². The summed E-state index contributed by atoms with van der Waals surface area (Å²) in [5.74, 6) is 0. The Hall–Kier alpha value is -1.25. The molecule has 50 valence electrons. The largest absolute Gasteiger partial charge is 0.445 e. The summed E-state index contributed by atoms with van der Waals surface area (Å²) >= 11 is 0. The summed E-state index contributed by atoms with van der Waals surface area (Å²) in [6.45, 7) is 3.63. The smallest absolute Gasteiger partial charge is 0.404 e. The second-order valence-electron chi connectivity index (χ2n) is 1.29. The standard InChI is InChI=1S/C6H9NO2/c1-2-3-4-5-9-6(7)8/h2-4H,1,5H2,(H2,7,8)/b4-3-. The van der Waals surface area contributed by atoms with Crippen molar-refractivity contribution >= 4 is 6.09 Å². The third-order valence-corrected chi connectivity index (χ3v) is 0.594. The molecular weight excluding hydrogens is 118 g/mol. The molecule has 0 unspecified atom stereocenters. The van der Waals surface area contributed by atoms with Crippen LogP contribution in [0.2, 0.25) is 0 Å². The van der Waals surface area contributed by atoms with E-state index in [0.717, 1.165) is 0 Å². The van der Waals surface area contributed by atoms with Crippen molar-refractivity contribution in [2.45, 2.75) is 0 Å². The molecule has 0 saturated heterocycles. The summed E-state index contributed by atoms with van der Waals surface area (Å²) in [6.07, 6.45) is 4.13. The predicted octanol–water partition coefficient (Wildman–Crippen LogP) is 0.824. The van der Waals surface area contributed by atoms with Crippen LogP contribution < -0.4 is 5.73 Å². The van der Waals surface area contributed by atoms with Crippen molar-refractivity contribution in [1.29, 1.82) is 0 Å². The zero-order valence-electron chi connectivity index (χ0n) is 5.04. The van der Waals surface area contributed by atoms with E-state index in [2.05, 4.69) is 17.0 Å². The summed E-state index contributed by atoms with van der Waals surface area (Å²) in [4.78, 5) is 9.90. The summed E-state index contributed by atoms with van der Waals surface area (Å²) in [7, 11) is 0. The molecule has 0 radical (unpaired) electrons. The number of allylic oxidation sites excluding steroid dienone is 2. The zero-order chi connectivity index (χ0) is 7.11. The SMILES string of the molecule is C=C/C=C\COC(N)=O. The molecule has 0 aromatic rings. The third kappa shape index (κ3) is 6.75. The highest BCUT2D eigenvalue weighted by Gasteiger charge is 1.85. The molecule has 0 bridgehead atoms.